The number of benzene rings is 4. The topological polar surface area (TPSA) is 298 Å². The van der Waals surface area contributed by atoms with Crippen LogP contribution < -0.4 is 26.0 Å². The molecule has 22 nitrogen and oxygen atoms in total. The normalized spacial score (nSPS) is 24.7. The van der Waals surface area contributed by atoms with E-state index in [0.29, 0.717) is 76.9 Å². The Labute approximate surface area is 592 Å². The molecule has 4 aliphatic heterocycles. The molecule has 4 aromatic rings. The zero-order chi connectivity index (χ0) is 71.4. The first-order valence-corrected chi connectivity index (χ1v) is 37.1. The van der Waals surface area contributed by atoms with Gasteiger partial charge in [0, 0.05) is 65.7 Å². The summed E-state index contributed by atoms with van der Waals surface area (Å²) in [5.74, 6) is -3.90. The van der Waals surface area contributed by atoms with Crippen molar-refractivity contribution < 1.29 is 65.6 Å². The second kappa shape index (κ2) is 30.7. The van der Waals surface area contributed by atoms with E-state index < -0.39 is 110 Å². The van der Waals surface area contributed by atoms with Gasteiger partial charge in [-0.25, -0.2) is 12.8 Å². The molecule has 6 amide bonds. The third-order valence-corrected chi connectivity index (χ3v) is 22.4. The summed E-state index contributed by atoms with van der Waals surface area (Å²) >= 11 is 12.5. The lowest BCUT2D eigenvalue weighted by Gasteiger charge is -2.36. The molecule has 4 heterocycles. The molecule has 4 unspecified atom stereocenters. The minimum absolute atomic E-state index is 0.0499. The first kappa shape index (κ1) is 73.3. The van der Waals surface area contributed by atoms with E-state index in [1.54, 1.807) is 66.7 Å². The molecule has 4 aliphatic carbocycles. The molecule has 2 bridgehead atoms. The minimum atomic E-state index is -4.39. The lowest BCUT2D eigenvalue weighted by Crippen LogP contribution is -2.59. The molecule has 2 saturated heterocycles. The van der Waals surface area contributed by atoms with E-state index in [1.807, 2.05) is 46.8 Å². The van der Waals surface area contributed by atoms with Gasteiger partial charge in [-0.05, 0) is 141 Å². The Bertz CT molecular complexity index is 3980. The molecule has 5 N–H and O–H groups in total. The first-order chi connectivity index (χ1) is 47.6. The van der Waals surface area contributed by atoms with E-state index in [1.165, 1.54) is 29.1 Å². The molecule has 4 saturated carbocycles. The Balaban J connectivity index is 0.000000202. The fourth-order valence-corrected chi connectivity index (χ4v) is 16.4. The summed E-state index contributed by atoms with van der Waals surface area (Å²) in [7, 11) is -4.39. The third-order valence-electron chi connectivity index (χ3n) is 20.5. The lowest BCUT2D eigenvalue weighted by molar-refractivity contribution is -0.145. The van der Waals surface area contributed by atoms with Crippen LogP contribution in [0.25, 0.3) is 0 Å². The summed E-state index contributed by atoms with van der Waals surface area (Å²) in [5, 5.41) is 21.0. The minimum Gasteiger partial charge on any atom is -0.387 e. The van der Waals surface area contributed by atoms with E-state index in [0.717, 1.165) is 61.9 Å². The molecule has 11 atom stereocenters. The molecule has 8 aliphatic rings. The van der Waals surface area contributed by atoms with Gasteiger partial charge in [0.05, 0.1) is 41.5 Å². The predicted octanol–water partition coefficient (Wildman–Crippen LogP) is 9.18. The number of hydrogen-bond donors (Lipinski definition) is 5. The molecule has 26 heteroatoms. The van der Waals surface area contributed by atoms with Crippen molar-refractivity contribution in [3.8, 4) is 0 Å². The maximum absolute atomic E-state index is 14.7. The Morgan fingerprint density at radius 3 is 1.69 bits per heavy atom. The number of nitrogens with zero attached hydrogens (tertiary/aromatic N) is 4. The second-order valence-electron chi connectivity index (χ2n) is 29.5. The van der Waals surface area contributed by atoms with E-state index in [-0.39, 0.29) is 79.4 Å². The quantitative estimate of drug-likeness (QED) is 0.0367. The number of rotatable bonds is 26. The Morgan fingerprint density at radius 1 is 0.650 bits per heavy atom. The summed E-state index contributed by atoms with van der Waals surface area (Å²) in [4.78, 5) is 138. The van der Waals surface area contributed by atoms with Crippen molar-refractivity contribution in [2.75, 3.05) is 13.1 Å². The van der Waals surface area contributed by atoms with Crippen LogP contribution in [0.4, 0.5) is 4.39 Å². The number of halogens is 3. The van der Waals surface area contributed by atoms with Crippen LogP contribution in [0.5, 0.6) is 0 Å². The van der Waals surface area contributed by atoms with Gasteiger partial charge in [0.25, 0.3) is 5.91 Å². The SMILES string of the molecule is CCC[C@H](NC(=O)[C@@H]1C[C@]2(CC(c3cccc(Cl)c3)=NO2)CN1C(=O)C(NS(=O)(=O)c1ccc(F)cc1)c1ccccc1)C(=O)C(=O)NC1CC1.CCC[C@H](NC(=O)[C@@H]1C[C@]2(CC(c3cccc(Cl)c3)=NO2)CN1C(=O)[C@@H](NC(=O)CC1CC2CCC1C2)C(C)(C)C)C(=O)C(=O)CC1CC1. The van der Waals surface area contributed by atoms with Crippen molar-refractivity contribution in [3.05, 3.63) is 136 Å². The zero-order valence-corrected chi connectivity index (χ0v) is 59.3. The molecule has 534 valence electrons. The van der Waals surface area contributed by atoms with Crippen molar-refractivity contribution >= 4 is 97.4 Å². The number of Topliss-reactive ketones (excluding diaryl/α,β-unsaturated/α-hetero) is 3. The highest BCUT2D eigenvalue weighted by atomic mass is 35.5. The first-order valence-electron chi connectivity index (χ1n) is 34.9. The van der Waals surface area contributed by atoms with Crippen molar-refractivity contribution in [1.82, 2.24) is 35.8 Å². The lowest BCUT2D eigenvalue weighted by atomic mass is 9.84. The standard InChI is InChI=1S/C38H51ClN4O6.C36H37ClFN5O7S/c1-5-7-28(33(46)31(44)16-22-10-11-22)40-35(47)30-20-38(19-29(42-49-38)25-8-6-9-27(39)17-25)21-43(30)36(48)34(37(2,3)4)41-32(45)18-26-15-23-12-13-24(26)14-23;1-2-7-28(32(44)34(46)39-26-14-15-26)40-33(45)30-20-36(19-29(41-50-36)23-10-6-11-24(37)18-23)21-43(30)35(47)31(22-8-4-3-5-9-22)42-51(48,49)27-16-12-25(38)13-17-27/h6,8-9,17,22-24,26,28,30,34H,5,7,10-16,18-21H2,1-4H3,(H,40,47)(H,41,45);3-6,8-13,16-18,26,28,30-31,42H,2,7,14-15,19-21H2,1H3,(H,39,46)(H,40,45)/t23?,24?,26?,28-,30-,34+,38+;28-,30-,31?,36+/m00/s1. The van der Waals surface area contributed by atoms with Gasteiger partial charge in [-0.2, -0.15) is 4.72 Å². The summed E-state index contributed by atoms with van der Waals surface area (Å²) in [6.07, 6.45) is 10.9. The molecule has 12 rings (SSSR count). The molecular weight excluding hydrogens is 1340 g/mol. The van der Waals surface area contributed by atoms with Crippen LogP contribution in [-0.4, -0.2) is 143 Å². The van der Waals surface area contributed by atoms with Crippen LogP contribution in [-0.2, 0) is 62.8 Å². The molecule has 0 radical (unpaired) electrons. The summed E-state index contributed by atoms with van der Waals surface area (Å²) in [5.41, 5.74) is 0.134. The molecule has 4 aromatic carbocycles. The van der Waals surface area contributed by atoms with Crippen LogP contribution in [0.2, 0.25) is 10.0 Å². The highest BCUT2D eigenvalue weighted by molar-refractivity contribution is 7.89. The average molecular weight is 1430 g/mol. The number of sulfonamides is 1. The smallest absolute Gasteiger partial charge is 0.289 e. The third kappa shape index (κ3) is 17.5. The Hall–Kier alpha value is -7.93. The van der Waals surface area contributed by atoms with E-state index in [4.69, 9.17) is 32.9 Å². The molecular formula is C74H88Cl2FN9O13S. The molecule has 2 spiro atoms. The van der Waals surface area contributed by atoms with Crippen LogP contribution in [0.1, 0.15) is 173 Å². The maximum atomic E-state index is 14.7. The monoisotopic (exact) mass is 1430 g/mol. The van der Waals surface area contributed by atoms with Crippen LogP contribution >= 0.6 is 23.2 Å². The molecule has 6 fully saturated rings. The number of oxime groups is 2. The van der Waals surface area contributed by atoms with Gasteiger partial charge in [0.15, 0.2) is 11.2 Å². The van der Waals surface area contributed by atoms with Gasteiger partial charge in [-0.15, -0.1) is 0 Å². The van der Waals surface area contributed by atoms with Crippen LogP contribution in [0, 0.1) is 34.9 Å². The van der Waals surface area contributed by atoms with E-state index >= 15 is 0 Å². The number of carbonyl (C=O) groups excluding carboxylic acids is 9. The summed E-state index contributed by atoms with van der Waals surface area (Å²) in [6, 6.07) is 19.7. The van der Waals surface area contributed by atoms with Crippen molar-refractivity contribution in [1.29, 1.82) is 0 Å². The maximum Gasteiger partial charge on any atom is 0.289 e. The Morgan fingerprint density at radius 2 is 1.20 bits per heavy atom. The fraction of sp³-hybridized carbons (Fsp3) is 0.527. The largest absolute Gasteiger partial charge is 0.387 e. The predicted molar refractivity (Wildman–Crippen MR) is 371 cm³/mol. The zero-order valence-electron chi connectivity index (χ0n) is 56.9. The summed E-state index contributed by atoms with van der Waals surface area (Å²) in [6.45, 7) is 9.33. The van der Waals surface area contributed by atoms with Crippen LogP contribution in [0.15, 0.2) is 118 Å². The van der Waals surface area contributed by atoms with Gasteiger partial charge in [-0.1, -0.05) is 142 Å². The van der Waals surface area contributed by atoms with Gasteiger partial charge in [0.1, 0.15) is 30.0 Å². The van der Waals surface area contributed by atoms with Gasteiger partial charge in [-0.3, -0.25) is 43.2 Å². The van der Waals surface area contributed by atoms with E-state index in [2.05, 4.69) is 36.3 Å². The summed E-state index contributed by atoms with van der Waals surface area (Å²) < 4.78 is 43.2. The average Bonchev–Trinajstić information content (AvgIpc) is 1.60. The van der Waals surface area contributed by atoms with E-state index in [9.17, 15) is 56.0 Å². The van der Waals surface area contributed by atoms with Crippen molar-refractivity contribution in [2.45, 2.75) is 209 Å². The Kier molecular flexibility index (Phi) is 22.5. The number of nitrogens with one attached hydrogen (secondary N) is 5. The van der Waals surface area contributed by atoms with Gasteiger partial charge >= 0.3 is 0 Å². The number of amides is 6. The van der Waals surface area contributed by atoms with Gasteiger partial charge < -0.3 is 40.7 Å². The number of ketones is 3. The fourth-order valence-electron chi connectivity index (χ4n) is 14.9. The number of likely N-dealkylation sites (tertiary alicyclic amines) is 2. The van der Waals surface area contributed by atoms with Crippen molar-refractivity contribution in [3.63, 3.8) is 0 Å². The number of hydrogen-bond acceptors (Lipinski definition) is 15. The number of fused-ring (bicyclic) bond motifs is 2. The second-order valence-corrected chi connectivity index (χ2v) is 32.1. The van der Waals surface area contributed by atoms with Gasteiger partial charge in [0.2, 0.25) is 56.9 Å². The highest BCUT2D eigenvalue weighted by Crippen LogP contribution is 2.50. The molecule has 100 heavy (non-hydrogen) atoms. The highest BCUT2D eigenvalue weighted by Gasteiger charge is 2.58. The van der Waals surface area contributed by atoms with Crippen molar-refractivity contribution in [2.24, 2.45) is 39.4 Å². The van der Waals surface area contributed by atoms with Crippen LogP contribution in [0.3, 0.4) is 0 Å². The number of carbonyl (C=O) groups is 9. The molecule has 0 aromatic heterocycles.